The Bertz CT molecular complexity index is 1140. The van der Waals surface area contributed by atoms with Crippen molar-refractivity contribution in [3.8, 4) is 5.75 Å². The summed E-state index contributed by atoms with van der Waals surface area (Å²) in [6.07, 6.45) is -1.54. The molecule has 1 saturated carbocycles. The monoisotopic (exact) mass is 516 g/mol. The molecule has 5 rings (SSSR count). The highest BCUT2D eigenvalue weighted by Gasteiger charge is 2.40. The van der Waals surface area contributed by atoms with E-state index >= 15 is 0 Å². The molecule has 0 spiro atoms. The van der Waals surface area contributed by atoms with Crippen molar-refractivity contribution < 1.29 is 27.6 Å². The first kappa shape index (κ1) is 25.0. The average Bonchev–Trinajstić information content (AvgIpc) is 3.02. The number of anilines is 2. The van der Waals surface area contributed by atoms with Crippen LogP contribution < -0.4 is 14.4 Å². The Hall–Kier alpha value is -2.72. The lowest BCUT2D eigenvalue weighted by atomic mass is 9.86. The zero-order valence-electron chi connectivity index (χ0n) is 19.4. The van der Waals surface area contributed by atoms with Crippen LogP contribution in [0.3, 0.4) is 0 Å². The minimum absolute atomic E-state index is 0.226. The summed E-state index contributed by atoms with van der Waals surface area (Å²) in [5, 5.41) is 11.5. The van der Waals surface area contributed by atoms with Gasteiger partial charge in [-0.15, -0.1) is 17.9 Å². The normalized spacial score (nSPS) is 22.8. The molecule has 1 aliphatic carbocycles. The van der Waals surface area contributed by atoms with Crippen LogP contribution in [0.5, 0.6) is 5.75 Å². The number of hydrogen-bond acceptors (Lipinski definition) is 5. The van der Waals surface area contributed by atoms with Gasteiger partial charge in [0.15, 0.2) is 4.90 Å². The van der Waals surface area contributed by atoms with E-state index in [9.17, 15) is 22.8 Å². The van der Waals surface area contributed by atoms with Gasteiger partial charge in [-0.1, -0.05) is 36.4 Å². The van der Waals surface area contributed by atoms with E-state index in [1.54, 1.807) is 0 Å². The van der Waals surface area contributed by atoms with Crippen molar-refractivity contribution in [3.63, 3.8) is 0 Å². The van der Waals surface area contributed by atoms with Crippen molar-refractivity contribution >= 4 is 22.7 Å². The molecule has 0 unspecified atom stereocenters. The maximum absolute atomic E-state index is 13.0. The van der Waals surface area contributed by atoms with Gasteiger partial charge in [0.25, 0.3) is 0 Å². The molecule has 4 atom stereocenters. The molecule has 0 bridgehead atoms. The summed E-state index contributed by atoms with van der Waals surface area (Å²) >= 11 is -1.71. The number of nitrogens with one attached hydrogen (secondary N) is 1. The third-order valence-electron chi connectivity index (χ3n) is 6.85. The molecule has 0 amide bonds. The number of rotatable bonds is 5. The van der Waals surface area contributed by atoms with E-state index in [4.69, 9.17) is 0 Å². The summed E-state index contributed by atoms with van der Waals surface area (Å²) < 4.78 is 57.2. The van der Waals surface area contributed by atoms with Crippen LogP contribution in [0.15, 0.2) is 77.7 Å². The molecule has 0 aromatic heterocycles. The molecule has 2 aliphatic rings. The third kappa shape index (κ3) is 5.34. The molecule has 0 radical (unpaired) electrons. The second-order valence-corrected chi connectivity index (χ2v) is 10.4. The zero-order valence-corrected chi connectivity index (χ0v) is 20.3. The largest absolute Gasteiger partial charge is 0.593 e. The molecule has 5 nitrogen and oxygen atoms in total. The van der Waals surface area contributed by atoms with E-state index in [1.165, 1.54) is 23.3 Å². The van der Waals surface area contributed by atoms with E-state index in [-0.39, 0.29) is 11.8 Å². The van der Waals surface area contributed by atoms with E-state index in [1.807, 2.05) is 24.3 Å². The van der Waals surface area contributed by atoms with Crippen molar-refractivity contribution in [2.45, 2.75) is 61.5 Å². The van der Waals surface area contributed by atoms with Crippen LogP contribution in [0.2, 0.25) is 0 Å². The number of ether oxygens (including phenoxy) is 1. The Balaban J connectivity index is 1.37. The molecule has 1 aliphatic heterocycles. The second kappa shape index (κ2) is 10.3. The van der Waals surface area contributed by atoms with E-state index in [2.05, 4.69) is 38.6 Å². The highest BCUT2D eigenvalue weighted by atomic mass is 32.2. The number of alkyl halides is 3. The molecule has 2 N–H and O–H groups in total. The van der Waals surface area contributed by atoms with Gasteiger partial charge >= 0.3 is 6.36 Å². The van der Waals surface area contributed by atoms with E-state index in [0.717, 1.165) is 49.2 Å². The fourth-order valence-electron chi connectivity index (χ4n) is 5.21. The average molecular weight is 517 g/mol. The van der Waals surface area contributed by atoms with Gasteiger partial charge in [-0.2, -0.15) is 0 Å². The third-order valence-corrected chi connectivity index (χ3v) is 8.07. The molecule has 1 fully saturated rings. The molecule has 9 heteroatoms. The number of aryl methyl sites for hydroxylation is 2. The number of nitrogens with zero attached hydrogens (tertiary/aromatic N) is 1. The summed E-state index contributed by atoms with van der Waals surface area (Å²) in [4.78, 5) is 2.55. The van der Waals surface area contributed by atoms with Gasteiger partial charge in [-0.3, -0.25) is 0 Å². The fourth-order valence-corrected chi connectivity index (χ4v) is 6.26. The molecule has 3 aromatic rings. The molecule has 0 saturated heterocycles. The lowest BCUT2D eigenvalue weighted by molar-refractivity contribution is -0.274. The summed E-state index contributed by atoms with van der Waals surface area (Å²) in [5.74, 6) is -0.375. The SMILES string of the molecule is [O-][S@@+](N[C@H]1CCC[C@H](N2c3ccccc3CCc3ccccc32)[C@@H]1O)c1ccc(OC(F)(F)F)cc1. The Morgan fingerprint density at radius 3 is 2.06 bits per heavy atom. The number of fused-ring (bicyclic) bond motifs is 2. The van der Waals surface area contributed by atoms with Gasteiger partial charge in [-0.25, -0.2) is 0 Å². The van der Waals surface area contributed by atoms with E-state index in [0.29, 0.717) is 11.3 Å². The summed E-state index contributed by atoms with van der Waals surface area (Å²) in [6, 6.07) is 20.8. The molecule has 190 valence electrons. The van der Waals surface area contributed by atoms with Crippen LogP contribution in [-0.4, -0.2) is 34.2 Å². The second-order valence-electron chi connectivity index (χ2n) is 9.13. The Morgan fingerprint density at radius 1 is 0.889 bits per heavy atom. The van der Waals surface area contributed by atoms with Gasteiger partial charge in [-0.05, 0) is 79.6 Å². The minimum Gasteiger partial charge on any atom is -0.593 e. The lowest BCUT2D eigenvalue weighted by Gasteiger charge is -2.43. The smallest absolute Gasteiger partial charge is 0.573 e. The molecular formula is C27H27F3N2O3S. The van der Waals surface area contributed by atoms with Crippen LogP contribution >= 0.6 is 0 Å². The van der Waals surface area contributed by atoms with Crippen LogP contribution in [-0.2, 0) is 24.2 Å². The Morgan fingerprint density at radius 2 is 1.47 bits per heavy atom. The van der Waals surface area contributed by atoms with Gasteiger partial charge in [0.2, 0.25) is 0 Å². The van der Waals surface area contributed by atoms with Crippen molar-refractivity contribution in [1.82, 2.24) is 4.72 Å². The highest BCUT2D eigenvalue weighted by Crippen LogP contribution is 2.41. The van der Waals surface area contributed by atoms with Gasteiger partial charge < -0.3 is 19.3 Å². The minimum atomic E-state index is -4.79. The zero-order chi connectivity index (χ0) is 25.3. The molecule has 3 aromatic carbocycles. The predicted octanol–water partition coefficient (Wildman–Crippen LogP) is 5.42. The highest BCUT2D eigenvalue weighted by molar-refractivity contribution is 7.89. The van der Waals surface area contributed by atoms with Gasteiger partial charge in [0.1, 0.15) is 5.75 Å². The van der Waals surface area contributed by atoms with E-state index < -0.39 is 29.9 Å². The first-order valence-electron chi connectivity index (χ1n) is 12.0. The van der Waals surface area contributed by atoms with Gasteiger partial charge in [0.05, 0.1) is 29.5 Å². The maximum Gasteiger partial charge on any atom is 0.573 e. The summed E-state index contributed by atoms with van der Waals surface area (Å²) in [5.41, 5.74) is 4.60. The van der Waals surface area contributed by atoms with Crippen molar-refractivity contribution in [2.75, 3.05) is 4.90 Å². The molecule has 1 heterocycles. The Labute approximate surface area is 211 Å². The van der Waals surface area contributed by atoms with Crippen molar-refractivity contribution in [2.24, 2.45) is 0 Å². The number of hydrogen-bond donors (Lipinski definition) is 2. The Kier molecular flexibility index (Phi) is 7.16. The molecule has 36 heavy (non-hydrogen) atoms. The number of benzene rings is 3. The quantitative estimate of drug-likeness (QED) is 0.444. The van der Waals surface area contributed by atoms with Crippen LogP contribution in [0.25, 0.3) is 0 Å². The number of para-hydroxylation sites is 2. The van der Waals surface area contributed by atoms with Crippen molar-refractivity contribution in [3.05, 3.63) is 83.9 Å². The first-order valence-corrected chi connectivity index (χ1v) is 13.1. The summed E-state index contributed by atoms with van der Waals surface area (Å²) in [7, 11) is 0. The molecular weight excluding hydrogens is 489 g/mol. The number of aliphatic hydroxyl groups excluding tert-OH is 1. The fraction of sp³-hybridized carbons (Fsp3) is 0.333. The topological polar surface area (TPSA) is 67.8 Å². The number of aliphatic hydroxyl groups is 1. The maximum atomic E-state index is 13.0. The van der Waals surface area contributed by atoms with Crippen molar-refractivity contribution in [1.29, 1.82) is 0 Å². The van der Waals surface area contributed by atoms with Crippen LogP contribution in [0.4, 0.5) is 24.5 Å². The standard InChI is InChI=1S/C27H27F3N2O3S/c28-27(29,30)35-20-14-16-21(17-15-20)36(34)31-22-8-5-11-25(26(22)33)32-23-9-3-1-6-18(23)12-13-19-7-2-4-10-24(19)32/h1-4,6-7,9-10,14-17,22,25-26,31,33H,5,8,11-13H2/t22-,25-,26+,36+/m0/s1. The number of halogens is 3. The van der Waals surface area contributed by atoms with Crippen LogP contribution in [0.1, 0.15) is 30.4 Å². The predicted molar refractivity (Wildman–Crippen MR) is 133 cm³/mol. The lowest BCUT2D eigenvalue weighted by Crippen LogP contribution is -2.55. The van der Waals surface area contributed by atoms with Crippen LogP contribution in [0, 0.1) is 0 Å². The summed E-state index contributed by atoms with van der Waals surface area (Å²) in [6.45, 7) is 0. The first-order chi connectivity index (χ1) is 17.3. The van der Waals surface area contributed by atoms with Gasteiger partial charge in [0, 0.05) is 11.4 Å².